The van der Waals surface area contributed by atoms with Gasteiger partial charge in [-0.3, -0.25) is 14.5 Å². The second-order valence-electron chi connectivity index (χ2n) is 7.75. The molecule has 1 aliphatic carbocycles. The summed E-state index contributed by atoms with van der Waals surface area (Å²) in [5.74, 6) is 1.45. The molecule has 1 aliphatic heterocycles. The Morgan fingerprint density at radius 3 is 1.92 bits per heavy atom. The molecule has 2 aliphatic rings. The van der Waals surface area contributed by atoms with E-state index >= 15 is 0 Å². The third-order valence-corrected chi connectivity index (χ3v) is 7.03. The van der Waals surface area contributed by atoms with Gasteiger partial charge in [0.15, 0.2) is 0 Å². The number of likely N-dealkylation sites (tertiary alicyclic amines) is 1. The van der Waals surface area contributed by atoms with Gasteiger partial charge in [0.25, 0.3) is 0 Å². The number of rotatable bonds is 12. The van der Waals surface area contributed by atoms with E-state index in [-0.39, 0.29) is 11.8 Å². The molecule has 3 nitrogen and oxygen atoms in total. The number of hydrogen-bond donors (Lipinski definition) is 0. The highest BCUT2D eigenvalue weighted by Gasteiger charge is 2.24. The Bertz CT molecular complexity index is 377. The fourth-order valence-electron chi connectivity index (χ4n) is 3.96. The molecule has 0 spiro atoms. The maximum Gasteiger partial charge on any atom is 0.229 e. The average molecular weight is 368 g/mol. The minimum atomic E-state index is 0.0438. The summed E-state index contributed by atoms with van der Waals surface area (Å²) in [5.41, 5.74) is 0. The Balaban J connectivity index is 1.34. The van der Waals surface area contributed by atoms with Crippen molar-refractivity contribution >= 4 is 23.6 Å². The lowest BCUT2D eigenvalue weighted by Crippen LogP contribution is -2.40. The van der Waals surface area contributed by atoms with Gasteiger partial charge in [0.1, 0.15) is 0 Å². The van der Waals surface area contributed by atoms with Crippen molar-refractivity contribution < 1.29 is 9.59 Å². The van der Waals surface area contributed by atoms with Gasteiger partial charge in [-0.05, 0) is 37.9 Å². The maximum atomic E-state index is 11.7. The van der Waals surface area contributed by atoms with Crippen LogP contribution in [0.2, 0.25) is 0 Å². The van der Waals surface area contributed by atoms with Gasteiger partial charge in [0.2, 0.25) is 11.8 Å². The standard InChI is InChI=1S/C21H37NO2S/c23-20-15-12-16-21(24)22(20)17-10-5-3-1-2-4-6-11-18-25-19-13-8-7-9-14-19/h19H,1-18H2. The third kappa shape index (κ3) is 8.61. The van der Waals surface area contributed by atoms with Crippen LogP contribution in [-0.2, 0) is 9.59 Å². The number of nitrogens with zero attached hydrogens (tertiary/aromatic N) is 1. The molecule has 4 heteroatoms. The summed E-state index contributed by atoms with van der Waals surface area (Å²) in [7, 11) is 0. The first-order valence-electron chi connectivity index (χ1n) is 10.7. The fourth-order valence-corrected chi connectivity index (χ4v) is 5.33. The second-order valence-corrected chi connectivity index (χ2v) is 9.16. The Hall–Kier alpha value is -0.510. The van der Waals surface area contributed by atoms with E-state index in [4.69, 9.17) is 0 Å². The highest BCUT2D eigenvalue weighted by atomic mass is 32.2. The molecular weight excluding hydrogens is 330 g/mol. The Morgan fingerprint density at radius 2 is 1.28 bits per heavy atom. The smallest absolute Gasteiger partial charge is 0.229 e. The van der Waals surface area contributed by atoms with Crippen LogP contribution in [0.3, 0.4) is 0 Å². The first-order valence-corrected chi connectivity index (χ1v) is 11.8. The highest BCUT2D eigenvalue weighted by Crippen LogP contribution is 2.28. The van der Waals surface area contributed by atoms with Crippen LogP contribution in [0.15, 0.2) is 0 Å². The van der Waals surface area contributed by atoms with Crippen molar-refractivity contribution in [2.24, 2.45) is 0 Å². The van der Waals surface area contributed by atoms with Crippen LogP contribution in [-0.4, -0.2) is 34.3 Å². The molecule has 1 heterocycles. The van der Waals surface area contributed by atoms with Crippen LogP contribution in [0.4, 0.5) is 0 Å². The van der Waals surface area contributed by atoms with Crippen LogP contribution >= 0.6 is 11.8 Å². The molecule has 0 bridgehead atoms. The van der Waals surface area contributed by atoms with E-state index in [1.54, 1.807) is 0 Å². The fraction of sp³-hybridized carbons (Fsp3) is 0.905. The summed E-state index contributed by atoms with van der Waals surface area (Å²) < 4.78 is 0. The van der Waals surface area contributed by atoms with E-state index in [9.17, 15) is 9.59 Å². The number of carbonyl (C=O) groups excluding carboxylic acids is 2. The molecule has 0 atom stereocenters. The van der Waals surface area contributed by atoms with Crippen LogP contribution in [0, 0.1) is 0 Å². The maximum absolute atomic E-state index is 11.7. The van der Waals surface area contributed by atoms with Gasteiger partial charge in [0.05, 0.1) is 0 Å². The molecule has 1 saturated carbocycles. The normalized spacial score (nSPS) is 19.6. The molecule has 2 fully saturated rings. The topological polar surface area (TPSA) is 37.4 Å². The summed E-state index contributed by atoms with van der Waals surface area (Å²) in [4.78, 5) is 24.9. The van der Waals surface area contributed by atoms with Crippen molar-refractivity contribution in [3.8, 4) is 0 Å². The zero-order valence-electron chi connectivity index (χ0n) is 16.0. The van der Waals surface area contributed by atoms with E-state index in [1.807, 2.05) is 0 Å². The van der Waals surface area contributed by atoms with Crippen LogP contribution in [0.5, 0.6) is 0 Å². The van der Waals surface area contributed by atoms with Crippen LogP contribution < -0.4 is 0 Å². The van der Waals surface area contributed by atoms with E-state index in [1.165, 1.54) is 81.3 Å². The minimum absolute atomic E-state index is 0.0438. The van der Waals surface area contributed by atoms with Crippen LogP contribution in [0.1, 0.15) is 103 Å². The largest absolute Gasteiger partial charge is 0.283 e. The molecule has 144 valence electrons. The van der Waals surface area contributed by atoms with E-state index in [2.05, 4.69) is 11.8 Å². The van der Waals surface area contributed by atoms with Crippen molar-refractivity contribution in [3.63, 3.8) is 0 Å². The molecule has 0 aromatic carbocycles. The number of hydrogen-bond acceptors (Lipinski definition) is 3. The lowest BCUT2D eigenvalue weighted by Gasteiger charge is -2.24. The summed E-state index contributed by atoms with van der Waals surface area (Å²) in [6.45, 7) is 0.649. The monoisotopic (exact) mass is 367 g/mol. The van der Waals surface area contributed by atoms with Crippen molar-refractivity contribution in [1.82, 2.24) is 4.90 Å². The van der Waals surface area contributed by atoms with Crippen molar-refractivity contribution in [2.45, 2.75) is 108 Å². The first kappa shape index (κ1) is 20.8. The third-order valence-electron chi connectivity index (χ3n) is 5.57. The minimum Gasteiger partial charge on any atom is -0.283 e. The van der Waals surface area contributed by atoms with Gasteiger partial charge in [-0.15, -0.1) is 0 Å². The number of amides is 2. The lowest BCUT2D eigenvalue weighted by molar-refractivity contribution is -0.147. The van der Waals surface area contributed by atoms with E-state index < -0.39 is 0 Å². The predicted octanol–water partition coefficient (Wildman–Crippen LogP) is 5.71. The lowest BCUT2D eigenvalue weighted by atomic mass is 10.0. The van der Waals surface area contributed by atoms with Gasteiger partial charge in [-0.1, -0.05) is 57.8 Å². The summed E-state index contributed by atoms with van der Waals surface area (Å²) in [5, 5.41) is 0.965. The molecule has 25 heavy (non-hydrogen) atoms. The molecule has 0 N–H and O–H groups in total. The van der Waals surface area contributed by atoms with Crippen molar-refractivity contribution in [1.29, 1.82) is 0 Å². The predicted molar refractivity (Wildman–Crippen MR) is 107 cm³/mol. The second kappa shape index (κ2) is 12.8. The van der Waals surface area contributed by atoms with Gasteiger partial charge in [0, 0.05) is 24.6 Å². The van der Waals surface area contributed by atoms with E-state index in [0.717, 1.165) is 24.5 Å². The van der Waals surface area contributed by atoms with Gasteiger partial charge in [-0.2, -0.15) is 11.8 Å². The Kier molecular flexibility index (Phi) is 10.6. The zero-order valence-corrected chi connectivity index (χ0v) is 16.8. The molecular formula is C21H37NO2S. The molecule has 0 radical (unpaired) electrons. The number of unbranched alkanes of at least 4 members (excludes halogenated alkanes) is 7. The van der Waals surface area contributed by atoms with Crippen molar-refractivity contribution in [3.05, 3.63) is 0 Å². The van der Waals surface area contributed by atoms with Crippen molar-refractivity contribution in [2.75, 3.05) is 12.3 Å². The molecule has 0 aromatic heterocycles. The highest BCUT2D eigenvalue weighted by molar-refractivity contribution is 7.99. The number of imide groups is 1. The number of thioether (sulfide) groups is 1. The van der Waals surface area contributed by atoms with Crippen LogP contribution in [0.25, 0.3) is 0 Å². The Labute approximate surface area is 158 Å². The molecule has 2 amide bonds. The first-order chi connectivity index (χ1) is 12.3. The Morgan fingerprint density at radius 1 is 0.720 bits per heavy atom. The number of carbonyl (C=O) groups is 2. The summed E-state index contributed by atoms with van der Waals surface area (Å²) in [6, 6.07) is 0. The van der Waals surface area contributed by atoms with Gasteiger partial charge >= 0.3 is 0 Å². The number of piperidine rings is 1. The average Bonchev–Trinajstić information content (AvgIpc) is 2.62. The SMILES string of the molecule is O=C1CCCC(=O)N1CCCCCCCCCCSC1CCCCC1. The van der Waals surface area contributed by atoms with Gasteiger partial charge < -0.3 is 0 Å². The zero-order chi connectivity index (χ0) is 17.7. The molecule has 1 saturated heterocycles. The van der Waals surface area contributed by atoms with Gasteiger partial charge in [-0.25, -0.2) is 0 Å². The molecule has 0 unspecified atom stereocenters. The molecule has 2 rings (SSSR count). The van der Waals surface area contributed by atoms with E-state index in [0.29, 0.717) is 19.4 Å². The summed E-state index contributed by atoms with van der Waals surface area (Å²) in [6.07, 6.45) is 19.3. The summed E-state index contributed by atoms with van der Waals surface area (Å²) >= 11 is 2.23. The quantitative estimate of drug-likeness (QED) is 0.327. The molecule has 0 aromatic rings.